The normalized spacial score (nSPS) is 17.4. The Morgan fingerprint density at radius 3 is 2.82 bits per heavy atom. The van der Waals surface area contributed by atoms with Crippen molar-refractivity contribution in [1.29, 1.82) is 0 Å². The van der Waals surface area contributed by atoms with Crippen LogP contribution < -0.4 is 20.1 Å². The van der Waals surface area contributed by atoms with Gasteiger partial charge in [0.2, 0.25) is 5.91 Å². The highest BCUT2D eigenvalue weighted by atomic mass is 16.5. The molecule has 156 valence electrons. The highest BCUT2D eigenvalue weighted by molar-refractivity contribution is 5.81. The first-order valence-corrected chi connectivity index (χ1v) is 10.2. The van der Waals surface area contributed by atoms with Crippen molar-refractivity contribution in [3.8, 4) is 11.5 Å². The predicted octanol–water partition coefficient (Wildman–Crippen LogP) is 2.20. The van der Waals surface area contributed by atoms with Crippen molar-refractivity contribution < 1.29 is 14.3 Å². The number of carbonyl (C=O) groups is 1. The maximum absolute atomic E-state index is 11.6. The molecule has 1 aliphatic rings. The second kappa shape index (κ2) is 11.4. The molecule has 1 saturated heterocycles. The summed E-state index contributed by atoms with van der Waals surface area (Å²) in [6.45, 7) is 6.89. The van der Waals surface area contributed by atoms with Gasteiger partial charge in [-0.3, -0.25) is 9.79 Å². The van der Waals surface area contributed by atoms with E-state index in [0.29, 0.717) is 13.0 Å². The summed E-state index contributed by atoms with van der Waals surface area (Å²) in [6, 6.07) is 6.32. The van der Waals surface area contributed by atoms with Crippen LogP contribution in [0.1, 0.15) is 38.7 Å². The summed E-state index contributed by atoms with van der Waals surface area (Å²) in [6.07, 6.45) is 3.30. The zero-order chi connectivity index (χ0) is 20.4. The van der Waals surface area contributed by atoms with E-state index in [-0.39, 0.29) is 11.9 Å². The van der Waals surface area contributed by atoms with Crippen LogP contribution in [0.25, 0.3) is 0 Å². The van der Waals surface area contributed by atoms with Crippen molar-refractivity contribution in [3.05, 3.63) is 23.8 Å². The fraction of sp³-hybridized carbons (Fsp3) is 0.619. The molecule has 1 unspecified atom stereocenters. The molecular formula is C21H34N4O3. The summed E-state index contributed by atoms with van der Waals surface area (Å²) in [4.78, 5) is 18.1. The van der Waals surface area contributed by atoms with Crippen LogP contribution in [0.2, 0.25) is 0 Å². The Morgan fingerprint density at radius 2 is 2.14 bits per heavy atom. The molecule has 1 aromatic carbocycles. The van der Waals surface area contributed by atoms with Gasteiger partial charge in [-0.1, -0.05) is 6.07 Å². The van der Waals surface area contributed by atoms with Crippen LogP contribution in [0, 0.1) is 0 Å². The monoisotopic (exact) mass is 390 g/mol. The Balaban J connectivity index is 1.86. The molecule has 7 nitrogen and oxygen atoms in total. The highest BCUT2D eigenvalue weighted by Crippen LogP contribution is 2.28. The number of hydrogen-bond donors (Lipinski definition) is 2. The van der Waals surface area contributed by atoms with E-state index in [9.17, 15) is 4.79 Å². The Kier molecular flexibility index (Phi) is 8.91. The fourth-order valence-corrected chi connectivity index (χ4v) is 3.26. The molecule has 28 heavy (non-hydrogen) atoms. The van der Waals surface area contributed by atoms with E-state index in [1.54, 1.807) is 12.0 Å². The van der Waals surface area contributed by atoms with Gasteiger partial charge in [0.05, 0.1) is 13.7 Å². The number of ether oxygens (including phenoxy) is 2. The lowest BCUT2D eigenvalue weighted by Gasteiger charge is -2.31. The largest absolute Gasteiger partial charge is 0.493 e. The molecule has 1 atom stereocenters. The number of methoxy groups -OCH3 is 1. The second-order valence-electron chi connectivity index (χ2n) is 6.94. The Hall–Kier alpha value is -2.44. The number of benzene rings is 1. The van der Waals surface area contributed by atoms with Gasteiger partial charge in [-0.2, -0.15) is 0 Å². The number of likely N-dealkylation sites (tertiary alicyclic amines) is 1. The quantitative estimate of drug-likeness (QED) is 0.384. The minimum atomic E-state index is 0.214. The Bertz CT molecular complexity index is 663. The minimum Gasteiger partial charge on any atom is -0.493 e. The van der Waals surface area contributed by atoms with Crippen LogP contribution >= 0.6 is 0 Å². The molecule has 1 heterocycles. The van der Waals surface area contributed by atoms with Crippen molar-refractivity contribution >= 4 is 11.9 Å². The number of rotatable bonds is 9. The zero-order valence-electron chi connectivity index (χ0n) is 17.6. The second-order valence-corrected chi connectivity index (χ2v) is 6.94. The molecular weight excluding hydrogens is 356 g/mol. The zero-order valence-corrected chi connectivity index (χ0v) is 17.6. The fourth-order valence-electron chi connectivity index (χ4n) is 3.26. The van der Waals surface area contributed by atoms with Gasteiger partial charge in [-0.05, 0) is 50.8 Å². The molecule has 0 saturated carbocycles. The number of nitrogens with one attached hydrogen (secondary N) is 2. The molecule has 0 radical (unpaired) electrons. The average molecular weight is 391 g/mol. The third kappa shape index (κ3) is 6.62. The molecule has 7 heteroatoms. The van der Waals surface area contributed by atoms with Crippen molar-refractivity contribution in [3.63, 3.8) is 0 Å². The van der Waals surface area contributed by atoms with Gasteiger partial charge in [0.25, 0.3) is 0 Å². The number of amides is 1. The van der Waals surface area contributed by atoms with E-state index in [1.807, 2.05) is 26.1 Å². The van der Waals surface area contributed by atoms with Crippen LogP contribution in [-0.4, -0.2) is 63.2 Å². The van der Waals surface area contributed by atoms with Gasteiger partial charge in [0.15, 0.2) is 17.5 Å². The average Bonchev–Trinajstić information content (AvgIpc) is 2.68. The lowest BCUT2D eigenvalue weighted by Crippen LogP contribution is -2.51. The number of aryl methyl sites for hydroxylation is 1. The third-order valence-electron chi connectivity index (χ3n) is 4.73. The van der Waals surface area contributed by atoms with E-state index >= 15 is 0 Å². The van der Waals surface area contributed by atoms with E-state index in [0.717, 1.165) is 56.4 Å². The summed E-state index contributed by atoms with van der Waals surface area (Å²) in [7, 11) is 3.51. The molecule has 1 aromatic rings. The van der Waals surface area contributed by atoms with Gasteiger partial charge >= 0.3 is 0 Å². The topological polar surface area (TPSA) is 75.2 Å². The van der Waals surface area contributed by atoms with Crippen molar-refractivity contribution in [2.45, 2.75) is 45.6 Å². The Labute approximate surface area is 168 Å². The summed E-state index contributed by atoms with van der Waals surface area (Å²) < 4.78 is 11.0. The number of piperidine rings is 1. The standard InChI is InChI=1S/C21H34N4O3/c1-5-22-21(24-17-10-12-20(26)25(3)15-17)23-13-7-8-16-9-11-18(27-4)19(14-16)28-6-2/h9,11,14,17H,5-8,10,12-13,15H2,1-4H3,(H2,22,23,24). The van der Waals surface area contributed by atoms with Crippen LogP contribution in [-0.2, 0) is 11.2 Å². The number of aliphatic imine (C=N–C) groups is 1. The number of guanidine groups is 1. The van der Waals surface area contributed by atoms with Gasteiger partial charge in [-0.25, -0.2) is 0 Å². The lowest BCUT2D eigenvalue weighted by molar-refractivity contribution is -0.132. The molecule has 2 N–H and O–H groups in total. The first-order valence-electron chi connectivity index (χ1n) is 10.2. The molecule has 2 rings (SSSR count). The summed E-state index contributed by atoms with van der Waals surface area (Å²) >= 11 is 0. The van der Waals surface area contributed by atoms with Gasteiger partial charge in [0, 0.05) is 39.1 Å². The molecule has 1 aliphatic heterocycles. The smallest absolute Gasteiger partial charge is 0.222 e. The molecule has 0 spiro atoms. The van der Waals surface area contributed by atoms with Crippen molar-refractivity contribution in [2.75, 3.05) is 40.4 Å². The summed E-state index contributed by atoms with van der Waals surface area (Å²) in [5.74, 6) is 2.58. The van der Waals surface area contributed by atoms with E-state index in [4.69, 9.17) is 14.5 Å². The van der Waals surface area contributed by atoms with Gasteiger partial charge < -0.3 is 25.0 Å². The van der Waals surface area contributed by atoms with Crippen LogP contribution in [0.4, 0.5) is 0 Å². The van der Waals surface area contributed by atoms with E-state index in [1.165, 1.54) is 5.56 Å². The molecule has 1 fully saturated rings. The van der Waals surface area contributed by atoms with Gasteiger partial charge in [0.1, 0.15) is 0 Å². The van der Waals surface area contributed by atoms with Crippen LogP contribution in [0.3, 0.4) is 0 Å². The van der Waals surface area contributed by atoms with Gasteiger partial charge in [-0.15, -0.1) is 0 Å². The number of carbonyl (C=O) groups excluding carboxylic acids is 1. The van der Waals surface area contributed by atoms with Crippen molar-refractivity contribution in [1.82, 2.24) is 15.5 Å². The first-order chi connectivity index (χ1) is 13.6. The first kappa shape index (κ1) is 21.9. The number of likely N-dealkylation sites (N-methyl/N-ethyl adjacent to an activating group) is 1. The van der Waals surface area contributed by atoms with E-state index in [2.05, 4.69) is 23.6 Å². The third-order valence-corrected chi connectivity index (χ3v) is 4.73. The van der Waals surface area contributed by atoms with E-state index < -0.39 is 0 Å². The molecule has 0 aliphatic carbocycles. The number of nitrogens with zero attached hydrogens (tertiary/aromatic N) is 2. The number of hydrogen-bond acceptors (Lipinski definition) is 4. The maximum Gasteiger partial charge on any atom is 0.222 e. The van der Waals surface area contributed by atoms with Crippen molar-refractivity contribution in [2.24, 2.45) is 4.99 Å². The predicted molar refractivity (Wildman–Crippen MR) is 112 cm³/mol. The SMILES string of the molecule is CCNC(=NCCCc1ccc(OC)c(OCC)c1)NC1CCC(=O)N(C)C1. The molecule has 0 bridgehead atoms. The lowest BCUT2D eigenvalue weighted by atomic mass is 10.1. The van der Waals surface area contributed by atoms with Crippen LogP contribution in [0.15, 0.2) is 23.2 Å². The van der Waals surface area contributed by atoms with Crippen LogP contribution in [0.5, 0.6) is 11.5 Å². The Morgan fingerprint density at radius 1 is 1.32 bits per heavy atom. The molecule has 1 amide bonds. The summed E-state index contributed by atoms with van der Waals surface area (Å²) in [5.41, 5.74) is 1.21. The summed E-state index contributed by atoms with van der Waals surface area (Å²) in [5, 5.41) is 6.75. The molecule has 0 aromatic heterocycles. The minimum absolute atomic E-state index is 0.214. The maximum atomic E-state index is 11.6. The highest BCUT2D eigenvalue weighted by Gasteiger charge is 2.23.